The lowest BCUT2D eigenvalue weighted by atomic mass is 10.2. The molecule has 0 amide bonds. The van der Waals surface area contributed by atoms with Crippen LogP contribution >= 0.6 is 0 Å². The van der Waals surface area contributed by atoms with Crippen LogP contribution in [0.5, 0.6) is 0 Å². The summed E-state index contributed by atoms with van der Waals surface area (Å²) >= 11 is 0. The van der Waals surface area contributed by atoms with Crippen LogP contribution in [0.25, 0.3) is 0 Å². The second-order valence-corrected chi connectivity index (χ2v) is 3.60. The molecular formula is C14H14O. The summed E-state index contributed by atoms with van der Waals surface area (Å²) in [6.07, 6.45) is 4.44. The number of epoxide rings is 1. The highest BCUT2D eigenvalue weighted by Crippen LogP contribution is 2.25. The predicted octanol–water partition coefficient (Wildman–Crippen LogP) is 2.77. The van der Waals surface area contributed by atoms with Gasteiger partial charge in [0.25, 0.3) is 0 Å². The first-order chi connectivity index (χ1) is 7.40. The van der Waals surface area contributed by atoms with Crippen molar-refractivity contribution in [3.8, 4) is 11.8 Å². The van der Waals surface area contributed by atoms with Crippen LogP contribution < -0.4 is 0 Å². The van der Waals surface area contributed by atoms with Gasteiger partial charge in [-0.25, -0.2) is 0 Å². The second kappa shape index (κ2) is 4.82. The summed E-state index contributed by atoms with van der Waals surface area (Å²) in [6, 6.07) is 9.99. The topological polar surface area (TPSA) is 12.5 Å². The molecule has 0 radical (unpaired) electrons. The number of hydrogen-bond donors (Lipinski definition) is 0. The minimum Gasteiger partial charge on any atom is -0.356 e. The van der Waals surface area contributed by atoms with Gasteiger partial charge in [0.1, 0.15) is 6.10 Å². The molecule has 2 atom stereocenters. The molecule has 0 saturated carbocycles. The summed E-state index contributed by atoms with van der Waals surface area (Å²) in [5.41, 5.74) is 1.05. The summed E-state index contributed by atoms with van der Waals surface area (Å²) in [4.78, 5) is 0. The quantitative estimate of drug-likeness (QED) is 0.413. The third-order valence-corrected chi connectivity index (χ3v) is 2.37. The van der Waals surface area contributed by atoms with Crippen LogP contribution in [0.3, 0.4) is 0 Å². The summed E-state index contributed by atoms with van der Waals surface area (Å²) in [5, 5.41) is 0. The molecule has 1 aliphatic rings. The van der Waals surface area contributed by atoms with E-state index < -0.39 is 0 Å². The number of allylic oxidation sites excluding steroid dienone is 1. The average Bonchev–Trinajstić information content (AvgIpc) is 3.04. The highest BCUT2D eigenvalue weighted by molar-refractivity contribution is 5.35. The molecule has 0 spiro atoms. The van der Waals surface area contributed by atoms with E-state index in [1.165, 1.54) is 0 Å². The molecule has 0 bridgehead atoms. The maximum absolute atomic E-state index is 5.42. The lowest BCUT2D eigenvalue weighted by Crippen LogP contribution is -1.89. The highest BCUT2D eigenvalue weighted by Gasteiger charge is 2.36. The Kier molecular flexibility index (Phi) is 3.22. The van der Waals surface area contributed by atoms with Gasteiger partial charge in [-0.15, -0.1) is 6.58 Å². The number of rotatable bonds is 3. The van der Waals surface area contributed by atoms with E-state index in [4.69, 9.17) is 4.74 Å². The van der Waals surface area contributed by atoms with Gasteiger partial charge in [0.2, 0.25) is 0 Å². The van der Waals surface area contributed by atoms with E-state index in [-0.39, 0.29) is 6.10 Å². The van der Waals surface area contributed by atoms with Crippen molar-refractivity contribution in [2.75, 3.05) is 0 Å². The largest absolute Gasteiger partial charge is 0.356 e. The lowest BCUT2D eigenvalue weighted by Gasteiger charge is -1.86. The Bertz CT molecular complexity index is 383. The first-order valence-corrected chi connectivity index (χ1v) is 5.23. The van der Waals surface area contributed by atoms with Crippen molar-refractivity contribution in [3.63, 3.8) is 0 Å². The summed E-state index contributed by atoms with van der Waals surface area (Å²) in [7, 11) is 0. The lowest BCUT2D eigenvalue weighted by molar-refractivity contribution is 0.383. The SMILES string of the molecule is C=CCC[C@H]1O[C@H]1C#Cc1ccccc1. The van der Waals surface area contributed by atoms with Gasteiger partial charge in [0.05, 0.1) is 6.10 Å². The zero-order valence-corrected chi connectivity index (χ0v) is 8.65. The Morgan fingerprint density at radius 1 is 1.33 bits per heavy atom. The molecule has 0 aliphatic carbocycles. The molecule has 1 saturated heterocycles. The van der Waals surface area contributed by atoms with E-state index >= 15 is 0 Å². The van der Waals surface area contributed by atoms with Crippen LogP contribution in [0.4, 0.5) is 0 Å². The van der Waals surface area contributed by atoms with Gasteiger partial charge >= 0.3 is 0 Å². The van der Waals surface area contributed by atoms with E-state index in [2.05, 4.69) is 18.4 Å². The van der Waals surface area contributed by atoms with Crippen molar-refractivity contribution in [2.24, 2.45) is 0 Å². The molecule has 1 heteroatoms. The Labute approximate surface area is 90.8 Å². The maximum atomic E-state index is 5.42. The van der Waals surface area contributed by atoms with Gasteiger partial charge in [-0.2, -0.15) is 0 Å². The Hall–Kier alpha value is -1.52. The van der Waals surface area contributed by atoms with Gasteiger partial charge in [-0.3, -0.25) is 0 Å². The molecule has 15 heavy (non-hydrogen) atoms. The molecule has 2 rings (SSSR count). The average molecular weight is 198 g/mol. The molecule has 0 N–H and O–H groups in total. The van der Waals surface area contributed by atoms with Crippen molar-refractivity contribution in [1.29, 1.82) is 0 Å². The van der Waals surface area contributed by atoms with Crippen LogP contribution in [0.1, 0.15) is 18.4 Å². The standard InChI is InChI=1S/C14H14O/c1-2-3-9-13-14(15-13)11-10-12-7-5-4-6-8-12/h2,4-8,13-14H,1,3,9H2/t13-,14+/m1/s1. The van der Waals surface area contributed by atoms with Crippen molar-refractivity contribution in [1.82, 2.24) is 0 Å². The highest BCUT2D eigenvalue weighted by atomic mass is 16.6. The van der Waals surface area contributed by atoms with Crippen LogP contribution in [0.15, 0.2) is 43.0 Å². The van der Waals surface area contributed by atoms with E-state index in [9.17, 15) is 0 Å². The van der Waals surface area contributed by atoms with Crippen molar-refractivity contribution in [3.05, 3.63) is 48.6 Å². The monoisotopic (exact) mass is 198 g/mol. The van der Waals surface area contributed by atoms with Gasteiger partial charge < -0.3 is 4.74 Å². The van der Waals surface area contributed by atoms with Gasteiger partial charge in [0.15, 0.2) is 0 Å². The van der Waals surface area contributed by atoms with E-state index in [0.717, 1.165) is 18.4 Å². The normalized spacial score (nSPS) is 22.7. The number of hydrogen-bond acceptors (Lipinski definition) is 1. The van der Waals surface area contributed by atoms with E-state index in [1.807, 2.05) is 36.4 Å². The predicted molar refractivity (Wildman–Crippen MR) is 61.4 cm³/mol. The molecule has 1 aliphatic heterocycles. The van der Waals surface area contributed by atoms with E-state index in [1.54, 1.807) is 0 Å². The van der Waals surface area contributed by atoms with Crippen LogP contribution in [-0.4, -0.2) is 12.2 Å². The van der Waals surface area contributed by atoms with Gasteiger partial charge in [-0.05, 0) is 25.0 Å². The third-order valence-electron chi connectivity index (χ3n) is 2.37. The second-order valence-electron chi connectivity index (χ2n) is 3.60. The van der Waals surface area contributed by atoms with Crippen molar-refractivity contribution >= 4 is 0 Å². The van der Waals surface area contributed by atoms with E-state index in [0.29, 0.717) is 6.10 Å². The van der Waals surface area contributed by atoms with Gasteiger partial charge in [0, 0.05) is 5.56 Å². The zero-order valence-electron chi connectivity index (χ0n) is 8.65. The van der Waals surface area contributed by atoms with Crippen molar-refractivity contribution in [2.45, 2.75) is 25.0 Å². The molecule has 76 valence electrons. The van der Waals surface area contributed by atoms with Crippen LogP contribution in [0.2, 0.25) is 0 Å². The molecule has 1 nitrogen and oxygen atoms in total. The fourth-order valence-electron chi connectivity index (χ4n) is 1.45. The smallest absolute Gasteiger partial charge is 0.145 e. The fourth-order valence-corrected chi connectivity index (χ4v) is 1.45. The summed E-state index contributed by atoms with van der Waals surface area (Å²) in [6.45, 7) is 3.69. The number of ether oxygens (including phenoxy) is 1. The molecule has 1 aromatic carbocycles. The molecule has 1 fully saturated rings. The maximum Gasteiger partial charge on any atom is 0.145 e. The molecule has 1 aromatic rings. The Balaban J connectivity index is 1.84. The van der Waals surface area contributed by atoms with Crippen LogP contribution in [-0.2, 0) is 4.74 Å². The molecule has 0 aromatic heterocycles. The third kappa shape index (κ3) is 2.97. The molecular weight excluding hydrogens is 184 g/mol. The molecule has 0 unspecified atom stereocenters. The first-order valence-electron chi connectivity index (χ1n) is 5.23. The summed E-state index contributed by atoms with van der Waals surface area (Å²) < 4.78 is 5.42. The zero-order chi connectivity index (χ0) is 10.5. The van der Waals surface area contributed by atoms with Crippen LogP contribution in [0, 0.1) is 11.8 Å². The minimum atomic E-state index is 0.144. The fraction of sp³-hybridized carbons (Fsp3) is 0.286. The Morgan fingerprint density at radius 2 is 2.13 bits per heavy atom. The first kappa shape index (κ1) is 10.0. The number of benzene rings is 1. The molecule has 1 heterocycles. The van der Waals surface area contributed by atoms with Gasteiger partial charge in [-0.1, -0.05) is 36.1 Å². The summed E-state index contributed by atoms with van der Waals surface area (Å²) in [5.74, 6) is 6.24. The Morgan fingerprint density at radius 3 is 2.87 bits per heavy atom. The van der Waals surface area contributed by atoms with Crippen molar-refractivity contribution < 1.29 is 4.74 Å². The minimum absolute atomic E-state index is 0.144.